The molecule has 0 N–H and O–H groups in total. The second-order valence-electron chi connectivity index (χ2n) is 16.5. The molecule has 2 heteroatoms. The van der Waals surface area contributed by atoms with E-state index in [-0.39, 0.29) is 10.8 Å². The van der Waals surface area contributed by atoms with Gasteiger partial charge in [0.15, 0.2) is 0 Å². The molecule has 0 atom stereocenters. The quantitative estimate of drug-likeness (QED) is 0.170. The van der Waals surface area contributed by atoms with Gasteiger partial charge in [-0.2, -0.15) is 0 Å². The van der Waals surface area contributed by atoms with Gasteiger partial charge in [0.2, 0.25) is 0 Å². The largest absolute Gasteiger partial charge is 0.310 e. The van der Waals surface area contributed by atoms with Crippen LogP contribution in [-0.2, 0) is 10.8 Å². The van der Waals surface area contributed by atoms with Crippen molar-refractivity contribution in [3.05, 3.63) is 198 Å². The Bertz CT molecular complexity index is 3030. The van der Waals surface area contributed by atoms with Crippen LogP contribution in [-0.4, -0.2) is 0 Å². The number of thiophene rings is 1. The van der Waals surface area contributed by atoms with E-state index in [9.17, 15) is 0 Å². The van der Waals surface area contributed by atoms with Crippen LogP contribution in [0.3, 0.4) is 0 Å². The van der Waals surface area contributed by atoms with Gasteiger partial charge in [-0.15, -0.1) is 11.3 Å². The van der Waals surface area contributed by atoms with Crippen molar-refractivity contribution in [2.75, 3.05) is 4.90 Å². The van der Waals surface area contributed by atoms with Crippen molar-refractivity contribution >= 4 is 48.6 Å². The second-order valence-corrected chi connectivity index (χ2v) is 17.6. The molecule has 1 heterocycles. The summed E-state index contributed by atoms with van der Waals surface area (Å²) in [4.78, 5) is 2.48. The Morgan fingerprint density at radius 3 is 1.82 bits per heavy atom. The number of benzene rings is 8. The number of rotatable bonds is 5. The van der Waals surface area contributed by atoms with Crippen LogP contribution in [0.1, 0.15) is 49.9 Å². The Hall–Kier alpha value is -6.22. The average molecular weight is 736 g/mol. The summed E-state index contributed by atoms with van der Waals surface area (Å²) < 4.78 is 2.67. The predicted octanol–water partition coefficient (Wildman–Crippen LogP) is 15.5. The fourth-order valence-electron chi connectivity index (χ4n) is 9.84. The number of nitrogens with zero attached hydrogens (tertiary/aromatic N) is 1. The van der Waals surface area contributed by atoms with Crippen LogP contribution in [0.25, 0.3) is 64.7 Å². The minimum atomic E-state index is -0.100. The highest BCUT2D eigenvalue weighted by Crippen LogP contribution is 2.55. The first-order valence-electron chi connectivity index (χ1n) is 19.7. The summed E-state index contributed by atoms with van der Waals surface area (Å²) in [5.41, 5.74) is 19.2. The lowest BCUT2D eigenvalue weighted by Gasteiger charge is -2.29. The number of hydrogen-bond donors (Lipinski definition) is 0. The van der Waals surface area contributed by atoms with Gasteiger partial charge in [-0.05, 0) is 104 Å². The lowest BCUT2D eigenvalue weighted by Crippen LogP contribution is -2.16. The fraction of sp³-hybridized carbons (Fsp3) is 0.111. The lowest BCUT2D eigenvalue weighted by molar-refractivity contribution is 0.660. The van der Waals surface area contributed by atoms with Crippen molar-refractivity contribution in [1.82, 2.24) is 0 Å². The normalized spacial score (nSPS) is 14.4. The molecule has 1 nitrogen and oxygen atoms in total. The molecule has 2 aliphatic carbocycles. The summed E-state index contributed by atoms with van der Waals surface area (Å²) in [5.74, 6) is 0. The SMILES string of the molecule is CC1(C)c2ccccc2-c2cc(-c3cccc(N(c4ccc(-c5cccc6c5sc5ccccc56)cc4)c4cccc5c4-c4ccccc4C5(C)C)c3)ccc21. The van der Waals surface area contributed by atoms with Gasteiger partial charge in [-0.1, -0.05) is 161 Å². The molecule has 56 heavy (non-hydrogen) atoms. The summed E-state index contributed by atoms with van der Waals surface area (Å²) in [6, 6.07) is 65.7. The van der Waals surface area contributed by atoms with Crippen LogP contribution in [0.2, 0.25) is 0 Å². The van der Waals surface area contributed by atoms with Crippen LogP contribution < -0.4 is 4.90 Å². The molecule has 8 aromatic carbocycles. The van der Waals surface area contributed by atoms with Crippen molar-refractivity contribution in [2.24, 2.45) is 0 Å². The smallest absolute Gasteiger partial charge is 0.0543 e. The predicted molar refractivity (Wildman–Crippen MR) is 240 cm³/mol. The Kier molecular flexibility index (Phi) is 7.18. The minimum absolute atomic E-state index is 0.0183. The van der Waals surface area contributed by atoms with E-state index in [1.54, 1.807) is 0 Å². The van der Waals surface area contributed by atoms with Gasteiger partial charge in [-0.25, -0.2) is 0 Å². The third-order valence-electron chi connectivity index (χ3n) is 12.7. The summed E-state index contributed by atoms with van der Waals surface area (Å²) in [7, 11) is 0. The van der Waals surface area contributed by atoms with Gasteiger partial charge >= 0.3 is 0 Å². The van der Waals surface area contributed by atoms with E-state index < -0.39 is 0 Å². The average Bonchev–Trinajstić information content (AvgIpc) is 3.81. The highest BCUT2D eigenvalue weighted by molar-refractivity contribution is 7.26. The molecular formula is C54H41NS. The van der Waals surface area contributed by atoms with Crippen molar-refractivity contribution in [1.29, 1.82) is 0 Å². The van der Waals surface area contributed by atoms with E-state index in [0.29, 0.717) is 0 Å². The zero-order chi connectivity index (χ0) is 37.8. The second kappa shape index (κ2) is 12.1. The summed E-state index contributed by atoms with van der Waals surface area (Å²) >= 11 is 1.89. The highest BCUT2D eigenvalue weighted by Gasteiger charge is 2.38. The van der Waals surface area contributed by atoms with Crippen LogP contribution in [0, 0.1) is 0 Å². The van der Waals surface area contributed by atoms with E-state index in [2.05, 4.69) is 209 Å². The van der Waals surface area contributed by atoms with Crippen molar-refractivity contribution in [2.45, 2.75) is 38.5 Å². The molecule has 9 aromatic rings. The van der Waals surface area contributed by atoms with Crippen molar-refractivity contribution < 1.29 is 0 Å². The third-order valence-corrected chi connectivity index (χ3v) is 13.9. The minimum Gasteiger partial charge on any atom is -0.310 e. The molecule has 1 aromatic heterocycles. The Balaban J connectivity index is 1.08. The molecule has 0 amide bonds. The molecule has 0 unspecified atom stereocenters. The zero-order valence-electron chi connectivity index (χ0n) is 32.1. The molecule has 11 rings (SSSR count). The van der Waals surface area contributed by atoms with Gasteiger partial charge in [0.25, 0.3) is 0 Å². The summed E-state index contributed by atoms with van der Waals surface area (Å²) in [5, 5.41) is 2.65. The van der Waals surface area contributed by atoms with Crippen LogP contribution >= 0.6 is 11.3 Å². The zero-order valence-corrected chi connectivity index (χ0v) is 32.9. The van der Waals surface area contributed by atoms with E-state index in [4.69, 9.17) is 0 Å². The molecule has 0 fully saturated rings. The lowest BCUT2D eigenvalue weighted by atomic mass is 9.82. The highest BCUT2D eigenvalue weighted by atomic mass is 32.1. The Morgan fingerprint density at radius 2 is 0.982 bits per heavy atom. The molecule has 268 valence electrons. The molecule has 0 saturated carbocycles. The molecule has 0 aliphatic heterocycles. The summed E-state index contributed by atoms with van der Waals surface area (Å²) in [6.45, 7) is 9.43. The van der Waals surface area contributed by atoms with Crippen LogP contribution in [0.5, 0.6) is 0 Å². The first kappa shape index (κ1) is 33.1. The fourth-order valence-corrected chi connectivity index (χ4v) is 11.1. The molecular weight excluding hydrogens is 695 g/mol. The molecule has 0 saturated heterocycles. The maximum Gasteiger partial charge on any atom is 0.0543 e. The monoisotopic (exact) mass is 735 g/mol. The van der Waals surface area contributed by atoms with Gasteiger partial charge in [0.1, 0.15) is 0 Å². The topological polar surface area (TPSA) is 3.24 Å². The molecule has 0 radical (unpaired) electrons. The van der Waals surface area contributed by atoms with E-state index in [0.717, 1.165) is 11.4 Å². The number of hydrogen-bond acceptors (Lipinski definition) is 2. The van der Waals surface area contributed by atoms with Crippen molar-refractivity contribution in [3.63, 3.8) is 0 Å². The molecule has 0 spiro atoms. The van der Waals surface area contributed by atoms with E-state index in [1.165, 1.54) is 92.6 Å². The molecule has 0 bridgehead atoms. The summed E-state index contributed by atoms with van der Waals surface area (Å²) in [6.07, 6.45) is 0. The third kappa shape index (κ3) is 4.79. The first-order chi connectivity index (χ1) is 27.3. The number of anilines is 3. The van der Waals surface area contributed by atoms with E-state index >= 15 is 0 Å². The first-order valence-corrected chi connectivity index (χ1v) is 20.5. The standard InChI is InChI=1S/C54H41NS/c1-53(2)45-21-8-5-16-40(45)44-33-36(28-31-47(44)53)35-14-11-15-38(32-35)55(49-24-13-23-48-51(49)43-18-6-9-22-46(43)54(48,3)4)37-29-26-34(27-30-37)39-19-12-20-42-41-17-7-10-25-50(41)56-52(39)42/h5-33H,1-4H3. The van der Waals surface area contributed by atoms with Crippen molar-refractivity contribution in [3.8, 4) is 44.5 Å². The van der Waals surface area contributed by atoms with Gasteiger partial charge in [0.05, 0.1) is 5.69 Å². The number of fused-ring (bicyclic) bond motifs is 9. The maximum absolute atomic E-state index is 2.48. The maximum atomic E-state index is 2.48. The molecule has 2 aliphatic rings. The van der Waals surface area contributed by atoms with Gasteiger partial charge in [0, 0.05) is 47.9 Å². The van der Waals surface area contributed by atoms with E-state index in [1.807, 2.05) is 11.3 Å². The van der Waals surface area contributed by atoms with Gasteiger partial charge in [-0.3, -0.25) is 0 Å². The van der Waals surface area contributed by atoms with Crippen LogP contribution in [0.15, 0.2) is 176 Å². The Morgan fingerprint density at radius 1 is 0.393 bits per heavy atom. The van der Waals surface area contributed by atoms with Crippen LogP contribution in [0.4, 0.5) is 17.1 Å². The Labute approximate surface area is 333 Å². The van der Waals surface area contributed by atoms with Gasteiger partial charge < -0.3 is 4.90 Å².